The van der Waals surface area contributed by atoms with Crippen LogP contribution in [0.1, 0.15) is 15.9 Å². The molecule has 0 aliphatic rings. The highest BCUT2D eigenvalue weighted by Gasteiger charge is 2.23. The van der Waals surface area contributed by atoms with Crippen LogP contribution in [0.4, 0.5) is 0 Å². The van der Waals surface area contributed by atoms with Gasteiger partial charge in [-0.3, -0.25) is 0 Å². The lowest BCUT2D eigenvalue weighted by molar-refractivity contribution is 0.0736. The van der Waals surface area contributed by atoms with Gasteiger partial charge in [-0.1, -0.05) is 78.9 Å². The van der Waals surface area contributed by atoms with Gasteiger partial charge in [-0.2, -0.15) is 0 Å². The topological polar surface area (TPSA) is 56.5 Å². The van der Waals surface area contributed by atoms with Gasteiger partial charge in [0, 0.05) is 17.5 Å². The van der Waals surface area contributed by atoms with Crippen molar-refractivity contribution in [3.05, 3.63) is 131 Å². The van der Waals surface area contributed by atoms with Crippen molar-refractivity contribution >= 4 is 40.8 Å². The molecule has 0 spiro atoms. The largest absolute Gasteiger partial charge is 0.423 e. The van der Waals surface area contributed by atoms with Crippen LogP contribution in [-0.2, 0) is 0 Å². The lowest BCUT2D eigenvalue weighted by atomic mass is 10.1. The zero-order valence-electron chi connectivity index (χ0n) is 18.5. The second-order valence-corrected chi connectivity index (χ2v) is 10.0. The Balaban J connectivity index is 1.55. The molecule has 5 rings (SSSR count). The van der Waals surface area contributed by atoms with Crippen molar-refractivity contribution in [2.75, 3.05) is 0 Å². The summed E-state index contributed by atoms with van der Waals surface area (Å²) in [6.45, 7) is 1.84. The quantitative estimate of drug-likeness (QED) is 0.158. The number of hydrogen-bond acceptors (Lipinski definition) is 4. The van der Waals surface area contributed by atoms with E-state index >= 15 is 0 Å². The number of benzene rings is 4. The summed E-state index contributed by atoms with van der Waals surface area (Å²) in [6.07, 6.45) is 0. The number of carbonyl (C=O) groups is 1. The van der Waals surface area contributed by atoms with Gasteiger partial charge >= 0.3 is 11.6 Å². The first kappa shape index (κ1) is 21.8. The maximum absolute atomic E-state index is 13.4. The average molecular weight is 464 g/mol. The number of rotatable bonds is 5. The highest BCUT2D eigenvalue weighted by molar-refractivity contribution is 7.80. The Hall–Kier alpha value is -4.01. The molecule has 0 fully saturated rings. The van der Waals surface area contributed by atoms with Crippen LogP contribution in [0.25, 0.3) is 11.0 Å². The maximum Gasteiger partial charge on any atom is 0.344 e. The first-order valence-corrected chi connectivity index (χ1v) is 12.2. The van der Waals surface area contributed by atoms with Crippen molar-refractivity contribution in [3.63, 3.8) is 0 Å². The molecule has 0 aliphatic carbocycles. The number of ether oxygens (including phenoxy) is 1. The van der Waals surface area contributed by atoms with Crippen LogP contribution in [0.5, 0.6) is 5.75 Å². The van der Waals surface area contributed by atoms with Gasteiger partial charge < -0.3 is 9.15 Å². The Labute approximate surface area is 198 Å². The summed E-state index contributed by atoms with van der Waals surface area (Å²) in [4.78, 5) is 25.1. The standard InChI is InChI=1S/C29H21O4P/c1-20-18-28(30)33-26-19-21(16-17-24(20)26)32-29(31)25-14-8-9-15-27(25)34(22-10-4-2-5-11-22)23-12-6-3-7-13-23/h2-19H,1H3. The second-order valence-electron chi connectivity index (χ2n) is 7.82. The Kier molecular flexibility index (Phi) is 6.07. The predicted octanol–water partition coefficient (Wildman–Crippen LogP) is 5.08. The highest BCUT2D eigenvalue weighted by atomic mass is 31.1. The Bertz CT molecular complexity index is 1490. The van der Waals surface area contributed by atoms with Crippen molar-refractivity contribution in [2.45, 2.75) is 6.92 Å². The van der Waals surface area contributed by atoms with Crippen LogP contribution >= 0.6 is 7.92 Å². The van der Waals surface area contributed by atoms with Crippen molar-refractivity contribution in [1.29, 1.82) is 0 Å². The average Bonchev–Trinajstić information content (AvgIpc) is 2.85. The zero-order valence-corrected chi connectivity index (χ0v) is 19.4. The van der Waals surface area contributed by atoms with Crippen LogP contribution in [0, 0.1) is 6.92 Å². The van der Waals surface area contributed by atoms with Crippen LogP contribution in [-0.4, -0.2) is 5.97 Å². The summed E-state index contributed by atoms with van der Waals surface area (Å²) in [5.74, 6) is -0.130. The fourth-order valence-electron chi connectivity index (χ4n) is 3.95. The lowest BCUT2D eigenvalue weighted by Gasteiger charge is -2.21. The third kappa shape index (κ3) is 4.41. The zero-order chi connectivity index (χ0) is 23.5. The number of aryl methyl sites for hydroxylation is 1. The molecule has 0 saturated heterocycles. The van der Waals surface area contributed by atoms with Gasteiger partial charge in [0.2, 0.25) is 0 Å². The second kappa shape index (κ2) is 9.46. The molecular weight excluding hydrogens is 443 g/mol. The van der Waals surface area contributed by atoms with E-state index in [0.717, 1.165) is 26.9 Å². The molecule has 1 heterocycles. The fraction of sp³-hybridized carbons (Fsp3) is 0.0345. The molecule has 4 nitrogen and oxygen atoms in total. The number of esters is 1. The Morgan fingerprint density at radius 1 is 0.765 bits per heavy atom. The summed E-state index contributed by atoms with van der Waals surface area (Å²) in [7, 11) is -0.971. The third-order valence-electron chi connectivity index (χ3n) is 5.53. The summed E-state index contributed by atoms with van der Waals surface area (Å²) >= 11 is 0. The molecule has 4 aromatic carbocycles. The fourth-order valence-corrected chi connectivity index (χ4v) is 6.39. The van der Waals surface area contributed by atoms with Gasteiger partial charge in [-0.15, -0.1) is 0 Å². The summed E-state index contributed by atoms with van der Waals surface area (Å²) in [5, 5.41) is 4.01. The molecule has 0 bridgehead atoms. The number of carbonyl (C=O) groups excluding carboxylic acids is 1. The minimum atomic E-state index is -0.971. The van der Waals surface area contributed by atoms with E-state index in [4.69, 9.17) is 9.15 Å². The number of hydrogen-bond donors (Lipinski definition) is 0. The van der Waals surface area contributed by atoms with Gasteiger partial charge in [-0.25, -0.2) is 9.59 Å². The maximum atomic E-state index is 13.4. The van der Waals surface area contributed by atoms with Crippen LogP contribution < -0.4 is 26.3 Å². The van der Waals surface area contributed by atoms with Gasteiger partial charge in [0.1, 0.15) is 11.3 Å². The molecule has 0 unspecified atom stereocenters. The van der Waals surface area contributed by atoms with Crippen LogP contribution in [0.3, 0.4) is 0 Å². The molecule has 0 atom stereocenters. The SMILES string of the molecule is Cc1cc(=O)oc2cc(OC(=O)c3ccccc3P(c3ccccc3)c3ccccc3)ccc12. The van der Waals surface area contributed by atoms with E-state index in [1.54, 1.807) is 24.3 Å². The molecule has 5 aromatic rings. The van der Waals surface area contributed by atoms with Crippen molar-refractivity contribution in [3.8, 4) is 5.75 Å². The van der Waals surface area contributed by atoms with E-state index in [2.05, 4.69) is 24.3 Å². The van der Waals surface area contributed by atoms with E-state index < -0.39 is 19.5 Å². The predicted molar refractivity (Wildman–Crippen MR) is 137 cm³/mol. The normalized spacial score (nSPS) is 11.0. The summed E-state index contributed by atoms with van der Waals surface area (Å²) in [5.41, 5.74) is 1.27. The van der Waals surface area contributed by atoms with Gasteiger partial charge in [0.25, 0.3) is 0 Å². The lowest BCUT2D eigenvalue weighted by Crippen LogP contribution is -2.26. The minimum absolute atomic E-state index is 0.324. The molecule has 0 N–H and O–H groups in total. The molecule has 0 aliphatic heterocycles. The third-order valence-corrected chi connectivity index (χ3v) is 8.03. The molecule has 0 saturated carbocycles. The van der Waals surface area contributed by atoms with E-state index in [-0.39, 0.29) is 0 Å². The highest BCUT2D eigenvalue weighted by Crippen LogP contribution is 2.34. The molecular formula is C29H21O4P. The van der Waals surface area contributed by atoms with E-state index in [1.165, 1.54) is 6.07 Å². The smallest absolute Gasteiger partial charge is 0.344 e. The molecule has 166 valence electrons. The summed E-state index contributed by atoms with van der Waals surface area (Å²) < 4.78 is 11.1. The monoisotopic (exact) mass is 464 g/mol. The number of fused-ring (bicyclic) bond motifs is 1. The molecule has 0 radical (unpaired) electrons. The summed E-state index contributed by atoms with van der Waals surface area (Å²) in [6, 6.07) is 34.5. The van der Waals surface area contributed by atoms with Gasteiger partial charge in [0.15, 0.2) is 0 Å². The van der Waals surface area contributed by atoms with E-state index in [9.17, 15) is 9.59 Å². The van der Waals surface area contributed by atoms with Crippen molar-refractivity contribution in [1.82, 2.24) is 0 Å². The Morgan fingerprint density at radius 3 is 2.06 bits per heavy atom. The molecule has 5 heteroatoms. The van der Waals surface area contributed by atoms with E-state index in [1.807, 2.05) is 61.5 Å². The van der Waals surface area contributed by atoms with Crippen molar-refractivity contribution < 1.29 is 13.9 Å². The van der Waals surface area contributed by atoms with Gasteiger partial charge in [0.05, 0.1) is 5.56 Å². The molecule has 34 heavy (non-hydrogen) atoms. The first-order valence-electron chi connectivity index (χ1n) is 10.9. The molecule has 0 amide bonds. The minimum Gasteiger partial charge on any atom is -0.423 e. The van der Waals surface area contributed by atoms with Gasteiger partial charge in [-0.05, 0) is 54.5 Å². The van der Waals surface area contributed by atoms with Crippen LogP contribution in [0.2, 0.25) is 0 Å². The van der Waals surface area contributed by atoms with Crippen molar-refractivity contribution in [2.24, 2.45) is 0 Å². The van der Waals surface area contributed by atoms with Crippen LogP contribution in [0.15, 0.2) is 118 Å². The first-order chi connectivity index (χ1) is 16.6. The molecule has 1 aromatic heterocycles. The van der Waals surface area contributed by atoms with E-state index in [0.29, 0.717) is 16.9 Å². The Morgan fingerprint density at radius 2 is 1.38 bits per heavy atom.